The number of carbonyl (C=O) groups excluding carboxylic acids is 2. The van der Waals surface area contributed by atoms with Gasteiger partial charge in [-0.05, 0) is 54.4 Å². The Kier molecular flexibility index (Phi) is 6.62. The molecule has 1 atom stereocenters. The summed E-state index contributed by atoms with van der Waals surface area (Å²) < 4.78 is 25.5. The summed E-state index contributed by atoms with van der Waals surface area (Å²) in [6.45, 7) is 2.47. The van der Waals surface area contributed by atoms with E-state index < -0.39 is 23.5 Å². The molecule has 5 rings (SSSR count). The van der Waals surface area contributed by atoms with Crippen molar-refractivity contribution < 1.29 is 28.6 Å². The first-order valence-electron chi connectivity index (χ1n) is 11.7. The summed E-state index contributed by atoms with van der Waals surface area (Å²) >= 11 is 1.22. The highest BCUT2D eigenvalue weighted by atomic mass is 32.1. The van der Waals surface area contributed by atoms with Crippen molar-refractivity contribution in [3.05, 3.63) is 89.2 Å². The van der Waals surface area contributed by atoms with Crippen molar-refractivity contribution >= 4 is 44.1 Å². The second kappa shape index (κ2) is 10.0. The summed E-state index contributed by atoms with van der Waals surface area (Å²) in [7, 11) is 1.55. The lowest BCUT2D eigenvalue weighted by atomic mass is 9.95. The van der Waals surface area contributed by atoms with Gasteiger partial charge in [-0.25, -0.2) is 9.37 Å². The molecule has 1 N–H and O–H groups in total. The number of amides is 1. The zero-order valence-electron chi connectivity index (χ0n) is 20.1. The van der Waals surface area contributed by atoms with Crippen LogP contribution in [0, 0.1) is 5.82 Å². The maximum Gasteiger partial charge on any atom is 0.301 e. The second-order valence-electron chi connectivity index (χ2n) is 8.43. The van der Waals surface area contributed by atoms with Gasteiger partial charge in [0.25, 0.3) is 5.78 Å². The quantitative estimate of drug-likeness (QED) is 0.187. The van der Waals surface area contributed by atoms with Gasteiger partial charge in [-0.3, -0.25) is 14.5 Å². The number of methoxy groups -OCH3 is 1. The molecule has 3 aromatic carbocycles. The molecule has 1 aromatic heterocycles. The van der Waals surface area contributed by atoms with Crippen molar-refractivity contribution in [3.8, 4) is 11.5 Å². The monoisotopic (exact) mass is 518 g/mol. The summed E-state index contributed by atoms with van der Waals surface area (Å²) in [6, 6.07) is 16.5. The zero-order chi connectivity index (χ0) is 26.1. The molecule has 9 heteroatoms. The Morgan fingerprint density at radius 1 is 1.08 bits per heavy atom. The molecule has 188 valence electrons. The van der Waals surface area contributed by atoms with Crippen LogP contribution in [0.4, 0.5) is 9.52 Å². The minimum absolute atomic E-state index is 0.110. The Hall–Kier alpha value is -4.24. The van der Waals surface area contributed by atoms with Crippen LogP contribution in [0.5, 0.6) is 11.5 Å². The van der Waals surface area contributed by atoms with E-state index in [1.807, 2.05) is 6.92 Å². The molecule has 0 aliphatic carbocycles. The van der Waals surface area contributed by atoms with E-state index >= 15 is 0 Å². The Labute approximate surface area is 216 Å². The number of benzene rings is 3. The van der Waals surface area contributed by atoms with Gasteiger partial charge in [-0.2, -0.15) is 0 Å². The third kappa shape index (κ3) is 4.53. The van der Waals surface area contributed by atoms with E-state index in [1.54, 1.807) is 49.6 Å². The highest BCUT2D eigenvalue weighted by Crippen LogP contribution is 2.44. The number of fused-ring (bicyclic) bond motifs is 1. The number of hydrogen-bond donors (Lipinski definition) is 1. The summed E-state index contributed by atoms with van der Waals surface area (Å²) in [6.07, 6.45) is 0.805. The van der Waals surface area contributed by atoms with E-state index in [9.17, 15) is 19.1 Å². The number of carbonyl (C=O) groups is 2. The standard InChI is InChI=1S/C28H23FN2O5S/c1-3-13-36-20-6-4-5-17(14-20)25(32)23-24(16-7-9-18(29)10-8-16)31(27(34)26(23)33)28-30-21-12-11-19(35-2)15-22(21)37-28/h4-12,14-15,24,32H,3,13H2,1-2H3/b25-23+. The molecular weight excluding hydrogens is 495 g/mol. The number of ketones is 1. The molecular formula is C28H23FN2O5S. The number of thiazole rings is 1. The topological polar surface area (TPSA) is 89.0 Å². The van der Waals surface area contributed by atoms with E-state index in [2.05, 4.69) is 4.98 Å². The molecule has 1 fully saturated rings. The summed E-state index contributed by atoms with van der Waals surface area (Å²) in [4.78, 5) is 32.6. The van der Waals surface area contributed by atoms with Crippen LogP contribution < -0.4 is 14.4 Å². The summed E-state index contributed by atoms with van der Waals surface area (Å²) in [5.74, 6) is -1.35. The predicted molar refractivity (Wildman–Crippen MR) is 140 cm³/mol. The van der Waals surface area contributed by atoms with Crippen molar-refractivity contribution in [2.75, 3.05) is 18.6 Å². The van der Waals surface area contributed by atoms with E-state index in [0.717, 1.165) is 11.1 Å². The third-order valence-electron chi connectivity index (χ3n) is 6.00. The molecule has 7 nitrogen and oxygen atoms in total. The maximum atomic E-state index is 13.8. The van der Waals surface area contributed by atoms with E-state index in [4.69, 9.17) is 9.47 Å². The van der Waals surface area contributed by atoms with Gasteiger partial charge in [0.05, 0.1) is 35.5 Å². The average Bonchev–Trinajstić information content (AvgIpc) is 3.45. The largest absolute Gasteiger partial charge is 0.507 e. The van der Waals surface area contributed by atoms with Gasteiger partial charge in [0.2, 0.25) is 0 Å². The number of aliphatic hydroxyl groups is 1. The molecule has 0 saturated carbocycles. The SMILES string of the molecule is CCCOc1cccc(/C(O)=C2\C(=O)C(=O)N(c3nc4ccc(OC)cc4s3)C2c2ccc(F)cc2)c1. The van der Waals surface area contributed by atoms with Crippen LogP contribution in [-0.2, 0) is 9.59 Å². The molecule has 37 heavy (non-hydrogen) atoms. The first-order chi connectivity index (χ1) is 17.9. The molecule has 1 saturated heterocycles. The Balaban J connectivity index is 1.67. The van der Waals surface area contributed by atoms with Gasteiger partial charge >= 0.3 is 5.91 Å². The summed E-state index contributed by atoms with van der Waals surface area (Å²) in [5.41, 5.74) is 1.30. The normalized spacial score (nSPS) is 16.9. The van der Waals surface area contributed by atoms with E-state index in [1.165, 1.54) is 40.5 Å². The van der Waals surface area contributed by atoms with Crippen LogP contribution >= 0.6 is 11.3 Å². The Morgan fingerprint density at radius 2 is 1.86 bits per heavy atom. The fraction of sp³-hybridized carbons (Fsp3) is 0.179. The molecule has 0 radical (unpaired) electrons. The first-order valence-corrected chi connectivity index (χ1v) is 12.5. The molecule has 0 spiro atoms. The van der Waals surface area contributed by atoms with Crippen molar-refractivity contribution in [1.82, 2.24) is 4.98 Å². The number of aromatic nitrogens is 1. The van der Waals surface area contributed by atoms with Gasteiger partial charge in [-0.1, -0.05) is 42.5 Å². The van der Waals surface area contributed by atoms with Crippen LogP contribution in [0.25, 0.3) is 16.0 Å². The minimum Gasteiger partial charge on any atom is -0.507 e. The molecule has 1 unspecified atom stereocenters. The Morgan fingerprint density at radius 3 is 2.59 bits per heavy atom. The molecule has 2 heterocycles. The minimum atomic E-state index is -1.01. The van der Waals surface area contributed by atoms with Gasteiger partial charge in [0, 0.05) is 5.56 Å². The number of anilines is 1. The molecule has 0 bridgehead atoms. The maximum absolute atomic E-state index is 13.8. The van der Waals surface area contributed by atoms with Crippen LogP contribution in [0.15, 0.2) is 72.3 Å². The lowest BCUT2D eigenvalue weighted by molar-refractivity contribution is -0.132. The van der Waals surface area contributed by atoms with Gasteiger partial charge < -0.3 is 14.6 Å². The lowest BCUT2D eigenvalue weighted by Crippen LogP contribution is -2.29. The van der Waals surface area contributed by atoms with E-state index in [0.29, 0.717) is 34.7 Å². The second-order valence-corrected chi connectivity index (χ2v) is 9.44. The summed E-state index contributed by atoms with van der Waals surface area (Å²) in [5, 5.41) is 11.6. The van der Waals surface area contributed by atoms with Crippen molar-refractivity contribution in [3.63, 3.8) is 0 Å². The number of hydrogen-bond acceptors (Lipinski definition) is 7. The average molecular weight is 519 g/mol. The smallest absolute Gasteiger partial charge is 0.301 e. The fourth-order valence-corrected chi connectivity index (χ4v) is 5.24. The number of ether oxygens (including phenoxy) is 2. The zero-order valence-corrected chi connectivity index (χ0v) is 20.9. The van der Waals surface area contributed by atoms with Gasteiger partial charge in [0.1, 0.15) is 23.1 Å². The first kappa shape index (κ1) is 24.5. The molecule has 4 aromatic rings. The highest BCUT2D eigenvalue weighted by Gasteiger charge is 2.48. The van der Waals surface area contributed by atoms with Crippen molar-refractivity contribution in [1.29, 1.82) is 0 Å². The number of rotatable bonds is 7. The van der Waals surface area contributed by atoms with Crippen molar-refractivity contribution in [2.45, 2.75) is 19.4 Å². The molecule has 1 aliphatic rings. The fourth-order valence-electron chi connectivity index (χ4n) is 4.22. The van der Waals surface area contributed by atoms with Crippen molar-refractivity contribution in [2.24, 2.45) is 0 Å². The third-order valence-corrected chi connectivity index (χ3v) is 7.02. The van der Waals surface area contributed by atoms with E-state index in [-0.39, 0.29) is 16.5 Å². The van der Waals surface area contributed by atoms with Crippen LogP contribution in [-0.4, -0.2) is 35.5 Å². The highest BCUT2D eigenvalue weighted by molar-refractivity contribution is 7.22. The Bertz CT molecular complexity index is 1530. The molecule has 1 aliphatic heterocycles. The predicted octanol–water partition coefficient (Wildman–Crippen LogP) is 5.86. The van der Waals surface area contributed by atoms with Gasteiger partial charge in [0.15, 0.2) is 5.13 Å². The van der Waals surface area contributed by atoms with Crippen LogP contribution in [0.1, 0.15) is 30.5 Å². The molecule has 1 amide bonds. The van der Waals surface area contributed by atoms with Crippen LogP contribution in [0.2, 0.25) is 0 Å². The number of Topliss-reactive ketones (excluding diaryl/α,β-unsaturated/α-hetero) is 1. The number of nitrogens with zero attached hydrogens (tertiary/aromatic N) is 2. The van der Waals surface area contributed by atoms with Gasteiger partial charge in [-0.15, -0.1) is 0 Å². The number of aliphatic hydroxyl groups excluding tert-OH is 1. The number of halogens is 1. The van der Waals surface area contributed by atoms with Crippen LogP contribution in [0.3, 0.4) is 0 Å². The lowest BCUT2D eigenvalue weighted by Gasteiger charge is -2.23.